The van der Waals surface area contributed by atoms with Gasteiger partial charge in [-0.05, 0) is 16.6 Å². The average molecular weight is 362 g/mol. The first kappa shape index (κ1) is 17.1. The molecule has 1 aliphatic carbocycles. The van der Waals surface area contributed by atoms with Crippen LogP contribution in [0.5, 0.6) is 0 Å². The number of nitrogens with zero attached hydrogens (tertiary/aromatic N) is 6. The highest BCUT2D eigenvalue weighted by Gasteiger charge is 2.25. The molecule has 0 aromatic heterocycles. The van der Waals surface area contributed by atoms with Crippen molar-refractivity contribution in [3.63, 3.8) is 0 Å². The van der Waals surface area contributed by atoms with Gasteiger partial charge in [0, 0.05) is 21.1 Å². The Morgan fingerprint density at radius 2 is 1.38 bits per heavy atom. The molecular weight excluding hydrogens is 356 g/mol. The van der Waals surface area contributed by atoms with E-state index in [1.54, 1.807) is 0 Å². The lowest BCUT2D eigenvalue weighted by Crippen LogP contribution is -2.22. The van der Waals surface area contributed by atoms with Gasteiger partial charge in [-0.25, -0.2) is 0 Å². The minimum atomic E-state index is -2.94. The maximum atomic E-state index is 11.6. The number of hydrogen-bond donors (Lipinski definition) is 0. The molecule has 0 radical (unpaired) electrons. The van der Waals surface area contributed by atoms with Gasteiger partial charge in [0.1, 0.15) is 9.73 Å². The lowest BCUT2D eigenvalue weighted by molar-refractivity contribution is 0.625. The summed E-state index contributed by atoms with van der Waals surface area (Å²) in [6.07, 6.45) is 2.53. The Balaban J connectivity index is 2.77. The quantitative estimate of drug-likeness (QED) is 0.348. The van der Waals surface area contributed by atoms with Crippen LogP contribution >= 0.6 is 0 Å². The summed E-state index contributed by atoms with van der Waals surface area (Å²) in [7, 11) is -5.84. The Hall–Kier alpha value is -3.30. The van der Waals surface area contributed by atoms with E-state index in [4.69, 9.17) is 11.1 Å². The number of allylic oxidation sites excluding steroid dienone is 4. The first-order chi connectivity index (χ1) is 11.5. The predicted molar refractivity (Wildman–Crippen MR) is 88.3 cm³/mol. The molecule has 1 aliphatic rings. The minimum absolute atomic E-state index is 0.104. The van der Waals surface area contributed by atoms with E-state index in [1.807, 2.05) is 0 Å². The van der Waals surface area contributed by atoms with E-state index in [2.05, 4.69) is 20.1 Å². The summed E-state index contributed by atoms with van der Waals surface area (Å²) in [5.74, 6) is 0. The molecule has 0 unspecified atom stereocenters. The molecule has 1 aromatic rings. The van der Waals surface area contributed by atoms with Gasteiger partial charge < -0.3 is 0 Å². The van der Waals surface area contributed by atoms with Crippen molar-refractivity contribution in [3.05, 3.63) is 68.6 Å². The van der Waals surface area contributed by atoms with Gasteiger partial charge >= 0.3 is 0 Å². The molecule has 1 aromatic carbocycles. The van der Waals surface area contributed by atoms with Crippen molar-refractivity contribution in [2.75, 3.05) is 0 Å². The Bertz CT molecular complexity index is 1130. The fourth-order valence-corrected chi connectivity index (χ4v) is 3.56. The van der Waals surface area contributed by atoms with Crippen LogP contribution in [0.2, 0.25) is 0 Å². The van der Waals surface area contributed by atoms with E-state index < -0.39 is 30.3 Å². The lowest BCUT2D eigenvalue weighted by atomic mass is 9.95. The standard InChI is InChI=1S/C12H6N6O4S2/c13-17-15-8-3-1-7(2-4-8)9-5-6-10(16-18-14)12(24(21)22)11(9)23(19)20/h1-6H. The van der Waals surface area contributed by atoms with E-state index in [1.165, 1.54) is 36.4 Å². The molecular formula is C12H6N6O4S2. The summed E-state index contributed by atoms with van der Waals surface area (Å²) in [4.78, 5) is 3.99. The molecule has 0 fully saturated rings. The minimum Gasteiger partial charge on any atom is -0.184 e. The van der Waals surface area contributed by atoms with Crippen LogP contribution in [0.4, 0.5) is 5.69 Å². The molecule has 0 N–H and O–H groups in total. The predicted octanol–water partition coefficient (Wildman–Crippen LogP) is 2.32. The smallest absolute Gasteiger partial charge is 0.184 e. The van der Waals surface area contributed by atoms with Crippen molar-refractivity contribution >= 4 is 41.6 Å². The molecule has 0 bridgehead atoms. The first-order valence-electron chi connectivity index (χ1n) is 6.05. The van der Waals surface area contributed by atoms with Crippen LogP contribution in [-0.4, -0.2) is 26.6 Å². The number of rotatable bonds is 3. The zero-order valence-corrected chi connectivity index (χ0v) is 13.2. The Morgan fingerprint density at radius 3 is 1.88 bits per heavy atom. The van der Waals surface area contributed by atoms with E-state index in [-0.39, 0.29) is 11.3 Å². The summed E-state index contributed by atoms with van der Waals surface area (Å²) in [6.45, 7) is 0. The summed E-state index contributed by atoms with van der Waals surface area (Å²) < 4.78 is 46.0. The molecule has 2 rings (SSSR count). The van der Waals surface area contributed by atoms with Crippen LogP contribution in [0.25, 0.3) is 26.5 Å². The number of benzene rings is 1. The Morgan fingerprint density at radius 1 is 0.792 bits per heavy atom. The van der Waals surface area contributed by atoms with Gasteiger partial charge in [0.25, 0.3) is 0 Å². The molecule has 0 spiro atoms. The van der Waals surface area contributed by atoms with Gasteiger partial charge in [0.2, 0.25) is 20.6 Å². The van der Waals surface area contributed by atoms with Crippen molar-refractivity contribution in [2.24, 2.45) is 10.2 Å². The summed E-state index contributed by atoms with van der Waals surface area (Å²) in [5, 5.41) is 6.59. The second-order valence-electron chi connectivity index (χ2n) is 4.19. The summed E-state index contributed by atoms with van der Waals surface area (Å²) in [5.41, 5.74) is 17.3. The highest BCUT2D eigenvalue weighted by atomic mass is 32.2. The van der Waals surface area contributed by atoms with Crippen LogP contribution in [0, 0.1) is 0 Å². The van der Waals surface area contributed by atoms with Crippen LogP contribution < -0.4 is 0 Å². The third kappa shape index (κ3) is 3.37. The highest BCUT2D eigenvalue weighted by Crippen LogP contribution is 2.25. The zero-order valence-electron chi connectivity index (χ0n) is 11.6. The third-order valence-electron chi connectivity index (χ3n) is 2.92. The molecule has 0 atom stereocenters. The van der Waals surface area contributed by atoms with Crippen LogP contribution in [-0.2, 0) is 20.6 Å². The summed E-state index contributed by atoms with van der Waals surface area (Å²) in [6, 6.07) is 5.84. The fraction of sp³-hybridized carbons (Fsp3) is 0. The van der Waals surface area contributed by atoms with Crippen molar-refractivity contribution in [2.45, 2.75) is 0 Å². The van der Waals surface area contributed by atoms with Gasteiger partial charge in [-0.2, -0.15) is 16.8 Å². The van der Waals surface area contributed by atoms with Crippen LogP contribution in [0.3, 0.4) is 0 Å². The molecule has 10 nitrogen and oxygen atoms in total. The maximum absolute atomic E-state index is 11.6. The van der Waals surface area contributed by atoms with Crippen molar-refractivity contribution in [1.29, 1.82) is 0 Å². The fourth-order valence-electron chi connectivity index (χ4n) is 1.99. The Labute approximate surface area is 137 Å². The van der Waals surface area contributed by atoms with E-state index in [9.17, 15) is 16.8 Å². The molecule has 0 heterocycles. The molecule has 0 amide bonds. The molecule has 24 heavy (non-hydrogen) atoms. The van der Waals surface area contributed by atoms with Gasteiger partial charge in [-0.1, -0.05) is 46.6 Å². The normalized spacial score (nSPS) is 13.2. The highest BCUT2D eigenvalue weighted by molar-refractivity contribution is 7.83. The van der Waals surface area contributed by atoms with Gasteiger partial charge in [-0.15, -0.1) is 0 Å². The Kier molecular flexibility index (Phi) is 5.20. The van der Waals surface area contributed by atoms with Gasteiger partial charge in [0.05, 0.1) is 5.70 Å². The van der Waals surface area contributed by atoms with Crippen molar-refractivity contribution in [3.8, 4) is 0 Å². The second-order valence-corrected chi connectivity index (χ2v) is 5.94. The second kappa shape index (κ2) is 7.31. The van der Waals surface area contributed by atoms with Gasteiger partial charge in [0.15, 0.2) is 0 Å². The largest absolute Gasteiger partial charge is 0.223 e. The zero-order chi connectivity index (χ0) is 17.7. The van der Waals surface area contributed by atoms with Crippen molar-refractivity contribution < 1.29 is 16.8 Å². The van der Waals surface area contributed by atoms with Crippen LogP contribution in [0.15, 0.2) is 52.3 Å². The van der Waals surface area contributed by atoms with Crippen molar-refractivity contribution in [1.82, 2.24) is 0 Å². The maximum Gasteiger partial charge on any atom is 0.223 e. The molecule has 120 valence electrons. The molecule has 0 saturated carbocycles. The lowest BCUT2D eigenvalue weighted by Gasteiger charge is -2.13. The molecule has 0 saturated heterocycles. The molecule has 0 aliphatic heterocycles. The molecule has 12 heteroatoms. The average Bonchev–Trinajstić information content (AvgIpc) is 2.55. The van der Waals surface area contributed by atoms with E-state index in [0.29, 0.717) is 11.3 Å². The third-order valence-corrected chi connectivity index (χ3v) is 4.55. The summed E-state index contributed by atoms with van der Waals surface area (Å²) >= 11 is 0. The SMILES string of the molecule is [N-]=[N+]=NC1=CC=C(c2ccc(N=[N+]=[N-])cc2)C(=S(=O)=O)C1=S(=O)=O. The van der Waals surface area contributed by atoms with E-state index >= 15 is 0 Å². The number of hydrogen-bond acceptors (Lipinski definition) is 6. The topological polar surface area (TPSA) is 166 Å². The number of azide groups is 2. The monoisotopic (exact) mass is 362 g/mol. The van der Waals surface area contributed by atoms with Gasteiger partial charge in [-0.3, -0.25) is 0 Å². The van der Waals surface area contributed by atoms with Crippen LogP contribution in [0.1, 0.15) is 5.56 Å². The van der Waals surface area contributed by atoms with E-state index in [0.717, 1.165) is 0 Å². The first-order valence-corrected chi connectivity index (χ1v) is 8.20.